The number of para-hydroxylation sites is 4. The van der Waals surface area contributed by atoms with Gasteiger partial charge in [-0.15, -0.1) is 0 Å². The molecule has 69 heavy (non-hydrogen) atoms. The zero-order valence-electron chi connectivity index (χ0n) is 38.2. The van der Waals surface area contributed by atoms with Crippen LogP contribution in [-0.2, 0) is 13.1 Å². The number of nitrogens with zero attached hydrogens (tertiary/aromatic N) is 5. The number of imidazole rings is 2. The van der Waals surface area contributed by atoms with Crippen LogP contribution in [0.25, 0.3) is 22.1 Å². The predicted molar refractivity (Wildman–Crippen MR) is 259 cm³/mol. The first-order chi connectivity index (χ1) is 33.5. The van der Waals surface area contributed by atoms with Gasteiger partial charge in [0.05, 0.1) is 36.3 Å². The van der Waals surface area contributed by atoms with Crippen LogP contribution >= 0.6 is 11.6 Å². The molecule has 2 aliphatic heterocycles. The number of carbonyl (C=O) groups is 2. The number of rotatable bonds is 10. The molecule has 0 radical (unpaired) electrons. The maximum atomic E-state index is 14.1. The quantitative estimate of drug-likeness (QED) is 0.108. The van der Waals surface area contributed by atoms with Crippen LogP contribution in [0, 0.1) is 23.3 Å². The van der Waals surface area contributed by atoms with Gasteiger partial charge in [-0.25, -0.2) is 27.5 Å². The van der Waals surface area contributed by atoms with Crippen LogP contribution in [0.4, 0.5) is 17.6 Å². The number of benzene rings is 6. The molecule has 0 bridgehead atoms. The normalized spacial score (nSPS) is 14.2. The Kier molecular flexibility index (Phi) is 15.7. The lowest BCUT2D eigenvalue weighted by molar-refractivity contribution is 0.0709. The molecular weight excluding hydrogens is 908 g/mol. The maximum Gasteiger partial charge on any atom is 0.253 e. The Morgan fingerprint density at radius 1 is 0.594 bits per heavy atom. The number of methoxy groups -OCH3 is 2. The number of halogens is 5. The summed E-state index contributed by atoms with van der Waals surface area (Å²) >= 11 is 5.12. The monoisotopic (exact) mass is 958 g/mol. The molecule has 0 aliphatic carbocycles. The van der Waals surface area contributed by atoms with Gasteiger partial charge in [0.25, 0.3) is 11.1 Å². The number of aromatic nitrogens is 4. The fourth-order valence-electron chi connectivity index (χ4n) is 8.97. The number of amides is 1. The zero-order valence-corrected chi connectivity index (χ0v) is 38.9. The summed E-state index contributed by atoms with van der Waals surface area (Å²) in [5.41, 5.74) is 6.35. The van der Waals surface area contributed by atoms with E-state index in [9.17, 15) is 27.2 Å². The third-order valence-electron chi connectivity index (χ3n) is 12.5. The van der Waals surface area contributed by atoms with Crippen LogP contribution in [0.2, 0.25) is 0 Å². The van der Waals surface area contributed by atoms with Gasteiger partial charge >= 0.3 is 0 Å². The minimum absolute atomic E-state index is 0.0941. The van der Waals surface area contributed by atoms with Gasteiger partial charge in [-0.3, -0.25) is 9.59 Å². The van der Waals surface area contributed by atoms with Crippen molar-refractivity contribution in [2.45, 2.75) is 50.6 Å². The topological polar surface area (TPSA) is 104 Å². The number of piperidine rings is 2. The molecule has 15 heteroatoms. The van der Waals surface area contributed by atoms with E-state index < -0.39 is 16.9 Å². The van der Waals surface area contributed by atoms with Crippen molar-refractivity contribution >= 4 is 44.8 Å². The highest BCUT2D eigenvalue weighted by Crippen LogP contribution is 2.33. The molecule has 2 aromatic heterocycles. The van der Waals surface area contributed by atoms with Crippen LogP contribution in [0.5, 0.6) is 11.5 Å². The fourth-order valence-corrected chi connectivity index (χ4v) is 9.09. The second-order valence-electron chi connectivity index (χ2n) is 16.9. The third-order valence-corrected chi connectivity index (χ3v) is 12.7. The Morgan fingerprint density at radius 3 is 1.52 bits per heavy atom. The summed E-state index contributed by atoms with van der Waals surface area (Å²) in [6.45, 7) is 4.37. The van der Waals surface area contributed by atoms with Gasteiger partial charge in [0.1, 0.15) is 23.3 Å². The van der Waals surface area contributed by atoms with Crippen molar-refractivity contribution in [3.63, 3.8) is 0 Å². The minimum atomic E-state index is -0.684. The fraction of sp³-hybridized carbons (Fsp3) is 0.259. The Hall–Kier alpha value is -7.03. The number of carbonyl (C=O) groups excluding carboxylic acids is 2. The second kappa shape index (κ2) is 22.4. The average molecular weight is 959 g/mol. The number of likely N-dealkylation sites (tertiary alicyclic amines) is 1. The number of ether oxygens (including phenoxy) is 2. The van der Waals surface area contributed by atoms with Gasteiger partial charge in [-0.2, -0.15) is 0 Å². The van der Waals surface area contributed by atoms with Crippen LogP contribution in [-0.4, -0.2) is 75.6 Å². The Morgan fingerprint density at radius 2 is 1.06 bits per heavy atom. The lowest BCUT2D eigenvalue weighted by atomic mass is 9.95. The Labute approximate surface area is 402 Å². The first kappa shape index (κ1) is 48.4. The summed E-state index contributed by atoms with van der Waals surface area (Å²) in [6, 6.07) is 37.7. The van der Waals surface area contributed by atoms with Crippen LogP contribution in [0.3, 0.4) is 0 Å². The van der Waals surface area contributed by atoms with E-state index in [0.29, 0.717) is 37.7 Å². The lowest BCUT2D eigenvalue weighted by Gasteiger charge is -2.32. The van der Waals surface area contributed by atoms with E-state index in [2.05, 4.69) is 31.3 Å². The predicted octanol–water partition coefficient (Wildman–Crippen LogP) is 11.3. The molecule has 1 N–H and O–H groups in total. The molecule has 4 heterocycles. The molecule has 0 unspecified atom stereocenters. The van der Waals surface area contributed by atoms with Crippen molar-refractivity contribution in [1.29, 1.82) is 0 Å². The highest BCUT2D eigenvalue weighted by atomic mass is 35.5. The highest BCUT2D eigenvalue weighted by Gasteiger charge is 2.29. The molecular formula is C54H51ClF4N6O4. The van der Waals surface area contributed by atoms with Gasteiger partial charge < -0.3 is 28.8 Å². The van der Waals surface area contributed by atoms with Gasteiger partial charge in [0, 0.05) is 49.1 Å². The minimum Gasteiger partial charge on any atom is -0.494 e. The van der Waals surface area contributed by atoms with Crippen LogP contribution < -0.4 is 14.8 Å². The van der Waals surface area contributed by atoms with E-state index in [4.69, 9.17) is 26.3 Å². The second-order valence-corrected chi connectivity index (χ2v) is 17.3. The van der Waals surface area contributed by atoms with Gasteiger partial charge in [-0.1, -0.05) is 48.5 Å². The van der Waals surface area contributed by atoms with Crippen molar-refractivity contribution in [2.75, 3.05) is 40.4 Å². The van der Waals surface area contributed by atoms with Crippen molar-refractivity contribution < 1.29 is 36.6 Å². The first-order valence-corrected chi connectivity index (χ1v) is 23.1. The summed E-state index contributed by atoms with van der Waals surface area (Å²) in [4.78, 5) is 35.1. The Bertz CT molecular complexity index is 3070. The van der Waals surface area contributed by atoms with E-state index in [1.807, 2.05) is 48.5 Å². The highest BCUT2D eigenvalue weighted by molar-refractivity contribution is 6.67. The molecule has 6 aromatic carbocycles. The molecule has 1 amide bonds. The molecule has 0 atom stereocenters. The van der Waals surface area contributed by atoms with Crippen LogP contribution in [0.1, 0.15) is 81.0 Å². The molecule has 0 spiro atoms. The SMILES string of the molecule is COc1ccc(C(=O)Cl)cc1F.COc1ccc(C(=O)N2CCC(c3nc4ccccc4n3Cc3cccc(F)c3)CC2)cc1F.Fc1cccc(Cn2c(C3CCNCC3)nc3ccccc32)c1. The van der Waals surface area contributed by atoms with E-state index in [1.54, 1.807) is 35.2 Å². The lowest BCUT2D eigenvalue weighted by Crippen LogP contribution is -2.38. The van der Waals surface area contributed by atoms with Crippen molar-refractivity contribution in [1.82, 2.24) is 29.3 Å². The van der Waals surface area contributed by atoms with Crippen LogP contribution in [0.15, 0.2) is 133 Å². The number of hydrogen-bond acceptors (Lipinski definition) is 7. The third kappa shape index (κ3) is 11.6. The Balaban J connectivity index is 0.000000157. The molecule has 10 rings (SSSR count). The summed E-state index contributed by atoms with van der Waals surface area (Å²) in [5, 5.41) is 2.72. The summed E-state index contributed by atoms with van der Waals surface area (Å²) in [7, 11) is 2.74. The van der Waals surface area contributed by atoms with Gasteiger partial charge in [0.15, 0.2) is 23.1 Å². The summed E-state index contributed by atoms with van der Waals surface area (Å²) < 4.78 is 68.3. The largest absolute Gasteiger partial charge is 0.494 e. The molecule has 2 saturated heterocycles. The van der Waals surface area contributed by atoms with E-state index in [0.717, 1.165) is 89.7 Å². The standard InChI is InChI=1S/C27H25F2N3O2.C19H20FN3.C8H6ClFO2/c1-34-25-10-9-20(16-22(25)29)27(33)31-13-11-19(12-14-31)26-30-23-7-2-3-8-24(23)32(26)17-18-5-4-6-21(28)15-18;20-16-5-3-4-14(12-16)13-23-18-7-2-1-6-17(18)22-19(23)15-8-10-21-11-9-15;1-12-7-3-2-5(8(9)11)4-6(7)10/h2-10,15-16,19H,11-14,17H2,1H3;1-7,12,15,21H,8-11,13H2;2-4H,1H3. The maximum absolute atomic E-state index is 14.1. The first-order valence-electron chi connectivity index (χ1n) is 22.8. The molecule has 2 aliphatic rings. The zero-order chi connectivity index (χ0) is 48.4. The molecule has 10 nitrogen and oxygen atoms in total. The van der Waals surface area contributed by atoms with Gasteiger partial charge in [-0.05, 0) is 146 Å². The van der Waals surface area contributed by atoms with E-state index >= 15 is 0 Å². The smallest absolute Gasteiger partial charge is 0.253 e. The molecule has 8 aromatic rings. The van der Waals surface area contributed by atoms with Crippen molar-refractivity contribution in [2.24, 2.45) is 0 Å². The number of nitrogens with one attached hydrogen (secondary N) is 1. The van der Waals surface area contributed by atoms with Crippen molar-refractivity contribution in [3.05, 3.63) is 191 Å². The molecule has 2 fully saturated rings. The summed E-state index contributed by atoms with van der Waals surface area (Å²) in [6.07, 6.45) is 3.70. The van der Waals surface area contributed by atoms with Gasteiger partial charge in [0.2, 0.25) is 0 Å². The van der Waals surface area contributed by atoms with E-state index in [1.165, 1.54) is 50.6 Å². The number of hydrogen-bond donors (Lipinski definition) is 1. The van der Waals surface area contributed by atoms with Crippen molar-refractivity contribution in [3.8, 4) is 11.5 Å². The molecule has 0 saturated carbocycles. The summed E-state index contributed by atoms with van der Waals surface area (Å²) in [5.74, 6) is 1.16. The molecule has 356 valence electrons. The number of fused-ring (bicyclic) bond motifs is 2. The van der Waals surface area contributed by atoms with E-state index in [-0.39, 0.29) is 40.5 Å². The average Bonchev–Trinajstić information content (AvgIpc) is 3.92.